The van der Waals surface area contributed by atoms with Gasteiger partial charge in [0.2, 0.25) is 11.8 Å². The highest BCUT2D eigenvalue weighted by Crippen LogP contribution is 2.24. The summed E-state index contributed by atoms with van der Waals surface area (Å²) >= 11 is 0. The fourth-order valence-corrected chi connectivity index (χ4v) is 3.31. The van der Waals surface area contributed by atoms with Gasteiger partial charge in [0.05, 0.1) is 12.6 Å². The molecule has 20 heavy (non-hydrogen) atoms. The molecule has 0 aliphatic carbocycles. The molecule has 2 saturated heterocycles. The van der Waals surface area contributed by atoms with Gasteiger partial charge < -0.3 is 14.9 Å². The van der Waals surface area contributed by atoms with E-state index in [-0.39, 0.29) is 30.4 Å². The van der Waals surface area contributed by atoms with Gasteiger partial charge in [0.25, 0.3) is 0 Å². The maximum Gasteiger partial charge on any atom is 0.226 e. The fourth-order valence-electron chi connectivity index (χ4n) is 3.31. The number of piperidine rings is 2. The Balaban J connectivity index is 1.89. The van der Waals surface area contributed by atoms with Crippen molar-refractivity contribution in [3.63, 3.8) is 0 Å². The molecule has 0 aromatic carbocycles. The van der Waals surface area contributed by atoms with E-state index >= 15 is 0 Å². The number of carbonyl (C=O) groups excluding carboxylic acids is 2. The monoisotopic (exact) mass is 282 g/mol. The molecule has 0 spiro atoms. The molecule has 5 nitrogen and oxygen atoms in total. The minimum Gasteiger partial charge on any atom is -0.394 e. The van der Waals surface area contributed by atoms with Gasteiger partial charge in [0.15, 0.2) is 0 Å². The van der Waals surface area contributed by atoms with E-state index in [4.69, 9.17) is 0 Å². The molecule has 0 radical (unpaired) electrons. The highest BCUT2D eigenvalue weighted by Gasteiger charge is 2.33. The molecule has 0 bridgehead atoms. The quantitative estimate of drug-likeness (QED) is 0.840. The number of rotatable bonds is 3. The Kier molecular flexibility index (Phi) is 5.40. The number of aliphatic hydroxyl groups excluding tert-OH is 1. The van der Waals surface area contributed by atoms with Gasteiger partial charge in [0, 0.05) is 32.0 Å². The molecule has 1 atom stereocenters. The normalized spacial score (nSPS) is 24.8. The first kappa shape index (κ1) is 15.3. The second kappa shape index (κ2) is 7.07. The first-order valence-electron chi connectivity index (χ1n) is 7.86. The molecule has 114 valence electrons. The summed E-state index contributed by atoms with van der Waals surface area (Å²) in [6.07, 6.45) is 5.11. The van der Waals surface area contributed by atoms with Crippen molar-refractivity contribution in [3.05, 3.63) is 0 Å². The molecule has 2 fully saturated rings. The average molecular weight is 282 g/mol. The molecule has 5 heteroatoms. The zero-order valence-electron chi connectivity index (χ0n) is 12.4. The van der Waals surface area contributed by atoms with Gasteiger partial charge in [-0.1, -0.05) is 6.92 Å². The maximum absolute atomic E-state index is 12.6. The van der Waals surface area contributed by atoms with Crippen LogP contribution in [0.3, 0.4) is 0 Å². The lowest BCUT2D eigenvalue weighted by molar-refractivity contribution is -0.144. The lowest BCUT2D eigenvalue weighted by atomic mass is 9.92. The number of hydrogen-bond donors (Lipinski definition) is 1. The molecule has 2 amide bonds. The van der Waals surface area contributed by atoms with Gasteiger partial charge in [-0.05, 0) is 32.1 Å². The van der Waals surface area contributed by atoms with Gasteiger partial charge in [-0.25, -0.2) is 0 Å². The third kappa shape index (κ3) is 3.32. The summed E-state index contributed by atoms with van der Waals surface area (Å²) < 4.78 is 0. The van der Waals surface area contributed by atoms with Gasteiger partial charge in [-0.2, -0.15) is 0 Å². The van der Waals surface area contributed by atoms with Crippen molar-refractivity contribution in [1.82, 2.24) is 9.80 Å². The summed E-state index contributed by atoms with van der Waals surface area (Å²) in [7, 11) is 0. The topological polar surface area (TPSA) is 60.9 Å². The van der Waals surface area contributed by atoms with Crippen LogP contribution in [0.2, 0.25) is 0 Å². The van der Waals surface area contributed by atoms with Crippen molar-refractivity contribution >= 4 is 11.8 Å². The molecule has 2 aliphatic heterocycles. The second-order valence-corrected chi connectivity index (χ2v) is 5.87. The molecule has 0 saturated carbocycles. The molecule has 2 rings (SSSR count). The summed E-state index contributed by atoms with van der Waals surface area (Å²) in [5.41, 5.74) is 0. The molecule has 0 aromatic rings. The number of amides is 2. The number of nitrogens with zero attached hydrogens (tertiary/aromatic N) is 2. The van der Waals surface area contributed by atoms with Gasteiger partial charge in [-0.15, -0.1) is 0 Å². The molecular formula is C15H26N2O3. The largest absolute Gasteiger partial charge is 0.394 e. The Morgan fingerprint density at radius 1 is 1.10 bits per heavy atom. The highest BCUT2D eigenvalue weighted by atomic mass is 16.3. The number of carbonyl (C=O) groups is 2. The average Bonchev–Trinajstić information content (AvgIpc) is 2.53. The smallest absolute Gasteiger partial charge is 0.226 e. The number of aliphatic hydroxyl groups is 1. The van der Waals surface area contributed by atoms with Crippen molar-refractivity contribution in [2.24, 2.45) is 5.92 Å². The van der Waals surface area contributed by atoms with Crippen molar-refractivity contribution in [2.45, 2.75) is 51.5 Å². The van der Waals surface area contributed by atoms with Crippen LogP contribution in [-0.2, 0) is 9.59 Å². The van der Waals surface area contributed by atoms with Crippen LogP contribution in [0.1, 0.15) is 45.4 Å². The van der Waals surface area contributed by atoms with Crippen LogP contribution in [0, 0.1) is 5.92 Å². The van der Waals surface area contributed by atoms with E-state index in [1.54, 1.807) is 0 Å². The van der Waals surface area contributed by atoms with Gasteiger partial charge in [0.1, 0.15) is 0 Å². The summed E-state index contributed by atoms with van der Waals surface area (Å²) in [6, 6.07) is 0.00607. The Hall–Kier alpha value is -1.10. The lowest BCUT2D eigenvalue weighted by Crippen LogP contribution is -2.50. The third-order valence-electron chi connectivity index (χ3n) is 4.62. The standard InChI is InChI=1S/C15H26N2O3/c1-2-14(19)16-9-6-12(7-10-16)15(20)17-8-4-3-5-13(17)11-18/h12-13,18H,2-11H2,1H3. The third-order valence-corrected chi connectivity index (χ3v) is 4.62. The zero-order valence-corrected chi connectivity index (χ0v) is 12.4. The predicted molar refractivity (Wildman–Crippen MR) is 76.0 cm³/mol. The molecular weight excluding hydrogens is 256 g/mol. The Morgan fingerprint density at radius 3 is 2.40 bits per heavy atom. The van der Waals surface area contributed by atoms with Crippen LogP contribution in [0.4, 0.5) is 0 Å². The van der Waals surface area contributed by atoms with E-state index in [1.807, 2.05) is 16.7 Å². The van der Waals surface area contributed by atoms with Crippen LogP contribution in [0.5, 0.6) is 0 Å². The van der Waals surface area contributed by atoms with Crippen molar-refractivity contribution < 1.29 is 14.7 Å². The van der Waals surface area contributed by atoms with E-state index in [2.05, 4.69) is 0 Å². The summed E-state index contributed by atoms with van der Waals surface area (Å²) in [5, 5.41) is 9.41. The molecule has 1 N–H and O–H groups in total. The van der Waals surface area contributed by atoms with Crippen molar-refractivity contribution in [1.29, 1.82) is 0 Å². The van der Waals surface area contributed by atoms with Crippen LogP contribution in [-0.4, -0.2) is 59.0 Å². The predicted octanol–water partition coefficient (Wildman–Crippen LogP) is 1.01. The molecule has 2 heterocycles. The van der Waals surface area contributed by atoms with Crippen LogP contribution < -0.4 is 0 Å². The van der Waals surface area contributed by atoms with Crippen molar-refractivity contribution in [2.75, 3.05) is 26.2 Å². The van der Waals surface area contributed by atoms with E-state index in [9.17, 15) is 14.7 Å². The van der Waals surface area contributed by atoms with Crippen LogP contribution >= 0.6 is 0 Å². The van der Waals surface area contributed by atoms with Crippen LogP contribution in [0.15, 0.2) is 0 Å². The van der Waals surface area contributed by atoms with E-state index in [1.165, 1.54) is 0 Å². The minimum atomic E-state index is 0.00607. The van der Waals surface area contributed by atoms with Gasteiger partial charge in [-0.3, -0.25) is 9.59 Å². The number of hydrogen-bond acceptors (Lipinski definition) is 3. The zero-order chi connectivity index (χ0) is 14.5. The molecule has 0 aromatic heterocycles. The fraction of sp³-hybridized carbons (Fsp3) is 0.867. The minimum absolute atomic E-state index is 0.00607. The SMILES string of the molecule is CCC(=O)N1CCC(C(=O)N2CCCCC2CO)CC1. The first-order valence-corrected chi connectivity index (χ1v) is 7.86. The van der Waals surface area contributed by atoms with E-state index in [0.29, 0.717) is 19.5 Å². The Labute approximate surface area is 120 Å². The van der Waals surface area contributed by atoms with Gasteiger partial charge >= 0.3 is 0 Å². The van der Waals surface area contributed by atoms with E-state index in [0.717, 1.165) is 38.6 Å². The summed E-state index contributed by atoms with van der Waals surface area (Å²) in [5.74, 6) is 0.400. The molecule has 1 unspecified atom stereocenters. The van der Waals surface area contributed by atoms with E-state index < -0.39 is 0 Å². The van der Waals surface area contributed by atoms with Crippen molar-refractivity contribution in [3.8, 4) is 0 Å². The second-order valence-electron chi connectivity index (χ2n) is 5.87. The maximum atomic E-state index is 12.6. The van der Waals surface area contributed by atoms with Crippen LogP contribution in [0.25, 0.3) is 0 Å². The lowest BCUT2D eigenvalue weighted by Gasteiger charge is -2.39. The summed E-state index contributed by atoms with van der Waals surface area (Å²) in [4.78, 5) is 28.0. The molecule has 2 aliphatic rings. The summed E-state index contributed by atoms with van der Waals surface area (Å²) in [6.45, 7) is 4.11. The Bertz CT molecular complexity index is 351. The Morgan fingerprint density at radius 2 is 1.80 bits per heavy atom. The number of likely N-dealkylation sites (tertiary alicyclic amines) is 2. The highest BCUT2D eigenvalue weighted by molar-refractivity contribution is 5.80. The first-order chi connectivity index (χ1) is 9.67.